The molecule has 3 heteroatoms. The second-order valence-corrected chi connectivity index (χ2v) is 8.69. The van der Waals surface area contributed by atoms with Crippen LogP contribution >= 0.6 is 23.1 Å². The minimum absolute atomic E-state index is 0.214. The Kier molecular flexibility index (Phi) is 5.89. The van der Waals surface area contributed by atoms with E-state index in [1.165, 1.54) is 10.3 Å². The topological polar surface area (TPSA) is 12.9 Å². The van der Waals surface area contributed by atoms with Gasteiger partial charge in [-0.05, 0) is 42.7 Å². The Balaban J connectivity index is 1.53. The van der Waals surface area contributed by atoms with Gasteiger partial charge in [-0.25, -0.2) is 4.98 Å². The van der Waals surface area contributed by atoms with E-state index in [-0.39, 0.29) is 5.25 Å². The molecule has 1 heterocycles. The highest BCUT2D eigenvalue weighted by molar-refractivity contribution is 8.01. The number of nitrogens with zero attached hydrogens (tertiary/aromatic N) is 1. The van der Waals surface area contributed by atoms with E-state index in [0.29, 0.717) is 0 Å². The van der Waals surface area contributed by atoms with Crippen LogP contribution in [0.4, 0.5) is 0 Å². The molecule has 0 aliphatic rings. The lowest BCUT2D eigenvalue weighted by Crippen LogP contribution is -2.01. The van der Waals surface area contributed by atoms with Gasteiger partial charge >= 0.3 is 0 Å². The van der Waals surface area contributed by atoms with E-state index in [2.05, 4.69) is 72.5 Å². The number of fused-ring (bicyclic) bond motifs is 1. The predicted octanol–water partition coefficient (Wildman–Crippen LogP) is 6.44. The molecule has 3 aromatic carbocycles. The number of aromatic nitrogens is 1. The highest BCUT2D eigenvalue weighted by Gasteiger charge is 2.12. The fraction of sp³-hybridized carbons (Fsp3) is 0.125. The molecule has 0 saturated heterocycles. The fourth-order valence-electron chi connectivity index (χ4n) is 2.81. The maximum Gasteiger partial charge on any atom is 0.152 e. The highest BCUT2D eigenvalue weighted by atomic mass is 32.2. The Hall–Kier alpha value is -2.54. The standard InChI is InChI=1S/C24H19NS2/c1-3-9-19(10-4-1)15-17-21(18-16-20-11-5-2-6-12-20)26-24-25-22-13-7-8-14-23(22)27-24/h1-14,21H,15,17H2. The number of hydrogen-bond donors (Lipinski definition) is 0. The average Bonchev–Trinajstić information content (AvgIpc) is 3.14. The third-order valence-corrected chi connectivity index (χ3v) is 6.51. The molecule has 0 saturated carbocycles. The molecule has 27 heavy (non-hydrogen) atoms. The van der Waals surface area contributed by atoms with Crippen molar-refractivity contribution in [3.05, 3.63) is 96.1 Å². The van der Waals surface area contributed by atoms with Gasteiger partial charge < -0.3 is 0 Å². The summed E-state index contributed by atoms with van der Waals surface area (Å²) in [7, 11) is 0. The highest BCUT2D eigenvalue weighted by Crippen LogP contribution is 2.33. The van der Waals surface area contributed by atoms with Gasteiger partial charge in [0, 0.05) is 5.56 Å². The van der Waals surface area contributed by atoms with Crippen LogP contribution in [0.5, 0.6) is 0 Å². The molecule has 1 unspecified atom stereocenters. The molecule has 1 atom stereocenters. The lowest BCUT2D eigenvalue weighted by Gasteiger charge is -2.08. The smallest absolute Gasteiger partial charge is 0.152 e. The zero-order chi connectivity index (χ0) is 18.3. The zero-order valence-corrected chi connectivity index (χ0v) is 16.5. The van der Waals surface area contributed by atoms with E-state index >= 15 is 0 Å². The zero-order valence-electron chi connectivity index (χ0n) is 14.8. The van der Waals surface area contributed by atoms with Gasteiger partial charge in [0.1, 0.15) is 0 Å². The molecule has 0 spiro atoms. The number of thioether (sulfide) groups is 1. The molecule has 0 bridgehead atoms. The second kappa shape index (κ2) is 8.90. The van der Waals surface area contributed by atoms with Gasteiger partial charge in [-0.15, -0.1) is 11.3 Å². The minimum atomic E-state index is 0.214. The minimum Gasteiger partial charge on any atom is -0.230 e. The van der Waals surface area contributed by atoms with Gasteiger partial charge in [-0.2, -0.15) is 0 Å². The fourth-order valence-corrected chi connectivity index (χ4v) is 5.07. The summed E-state index contributed by atoms with van der Waals surface area (Å²) >= 11 is 3.54. The molecule has 0 N–H and O–H groups in total. The Morgan fingerprint density at radius 3 is 2.33 bits per heavy atom. The third kappa shape index (κ3) is 5.01. The molecular weight excluding hydrogens is 366 g/mol. The Morgan fingerprint density at radius 2 is 1.56 bits per heavy atom. The van der Waals surface area contributed by atoms with Crippen molar-refractivity contribution in [2.24, 2.45) is 0 Å². The normalized spacial score (nSPS) is 11.7. The number of aryl methyl sites for hydroxylation is 1. The van der Waals surface area contributed by atoms with Crippen LogP contribution < -0.4 is 0 Å². The van der Waals surface area contributed by atoms with Gasteiger partial charge in [0.25, 0.3) is 0 Å². The second-order valence-electron chi connectivity index (χ2n) is 6.21. The number of rotatable bonds is 5. The van der Waals surface area contributed by atoms with Crippen LogP contribution in [0.25, 0.3) is 10.2 Å². The molecule has 0 aliphatic heterocycles. The number of hydrogen-bond acceptors (Lipinski definition) is 3. The van der Waals surface area contributed by atoms with Gasteiger partial charge in [-0.1, -0.05) is 84.3 Å². The summed E-state index contributed by atoms with van der Waals surface area (Å²) in [6.45, 7) is 0. The van der Waals surface area contributed by atoms with Crippen molar-refractivity contribution in [3.8, 4) is 11.8 Å². The van der Waals surface area contributed by atoms with Gasteiger partial charge in [0.05, 0.1) is 15.5 Å². The average molecular weight is 386 g/mol. The molecule has 132 valence electrons. The molecular formula is C24H19NS2. The van der Waals surface area contributed by atoms with Crippen LogP contribution in [0, 0.1) is 11.8 Å². The predicted molar refractivity (Wildman–Crippen MR) is 117 cm³/mol. The van der Waals surface area contributed by atoms with E-state index in [1.807, 2.05) is 24.3 Å². The van der Waals surface area contributed by atoms with Crippen LogP contribution in [0.15, 0.2) is 89.3 Å². The van der Waals surface area contributed by atoms with E-state index < -0.39 is 0 Å². The summed E-state index contributed by atoms with van der Waals surface area (Å²) in [5.41, 5.74) is 3.49. The Bertz CT molecular complexity index is 1030. The van der Waals surface area contributed by atoms with Crippen molar-refractivity contribution >= 4 is 33.3 Å². The summed E-state index contributed by atoms with van der Waals surface area (Å²) in [4.78, 5) is 4.78. The van der Waals surface area contributed by atoms with Gasteiger partial charge in [-0.3, -0.25) is 0 Å². The number of thiazole rings is 1. The summed E-state index contributed by atoms with van der Waals surface area (Å²) in [5.74, 6) is 6.82. The van der Waals surface area contributed by atoms with E-state index in [1.54, 1.807) is 23.1 Å². The van der Waals surface area contributed by atoms with Crippen molar-refractivity contribution in [2.75, 3.05) is 0 Å². The maximum absolute atomic E-state index is 4.78. The first-order valence-electron chi connectivity index (χ1n) is 8.99. The lowest BCUT2D eigenvalue weighted by molar-refractivity contribution is 0.870. The lowest BCUT2D eigenvalue weighted by atomic mass is 10.1. The van der Waals surface area contributed by atoms with Crippen molar-refractivity contribution in [1.29, 1.82) is 0 Å². The quantitative estimate of drug-likeness (QED) is 0.289. The first kappa shape index (κ1) is 17.9. The Morgan fingerprint density at radius 1 is 0.852 bits per heavy atom. The van der Waals surface area contributed by atoms with Crippen molar-refractivity contribution in [3.63, 3.8) is 0 Å². The van der Waals surface area contributed by atoms with Crippen LogP contribution in [0.2, 0.25) is 0 Å². The first-order valence-corrected chi connectivity index (χ1v) is 10.7. The molecule has 0 amide bonds. The molecule has 0 radical (unpaired) electrons. The molecule has 1 aromatic heterocycles. The Labute approximate surface area is 168 Å². The van der Waals surface area contributed by atoms with E-state index in [0.717, 1.165) is 28.3 Å². The van der Waals surface area contributed by atoms with Gasteiger partial charge in [0.2, 0.25) is 0 Å². The summed E-state index contributed by atoms with van der Waals surface area (Å²) in [6, 6.07) is 29.1. The molecule has 4 aromatic rings. The largest absolute Gasteiger partial charge is 0.230 e. The van der Waals surface area contributed by atoms with E-state index in [9.17, 15) is 0 Å². The van der Waals surface area contributed by atoms with Crippen LogP contribution in [-0.4, -0.2) is 10.2 Å². The molecule has 0 aliphatic carbocycles. The number of para-hydroxylation sites is 1. The SMILES string of the molecule is C(#CC(CCc1ccccc1)Sc1nc2ccccc2s1)c1ccccc1. The third-order valence-electron chi connectivity index (χ3n) is 4.21. The van der Waals surface area contributed by atoms with Crippen LogP contribution in [0.3, 0.4) is 0 Å². The van der Waals surface area contributed by atoms with Crippen molar-refractivity contribution in [1.82, 2.24) is 4.98 Å². The first-order chi connectivity index (χ1) is 13.4. The van der Waals surface area contributed by atoms with Crippen LogP contribution in [0.1, 0.15) is 17.5 Å². The van der Waals surface area contributed by atoms with Gasteiger partial charge in [0.15, 0.2) is 4.34 Å². The molecule has 0 fully saturated rings. The maximum atomic E-state index is 4.78. The van der Waals surface area contributed by atoms with E-state index in [4.69, 9.17) is 4.98 Å². The monoisotopic (exact) mass is 385 g/mol. The summed E-state index contributed by atoms with van der Waals surface area (Å²) in [5, 5.41) is 0.214. The molecule has 4 rings (SSSR count). The number of benzene rings is 3. The van der Waals surface area contributed by atoms with Crippen molar-refractivity contribution in [2.45, 2.75) is 22.4 Å². The van der Waals surface area contributed by atoms with Crippen molar-refractivity contribution < 1.29 is 0 Å². The summed E-state index contributed by atoms with van der Waals surface area (Å²) < 4.78 is 2.33. The summed E-state index contributed by atoms with van der Waals surface area (Å²) in [6.07, 6.45) is 2.03. The molecule has 1 nitrogen and oxygen atoms in total. The van der Waals surface area contributed by atoms with Crippen LogP contribution in [-0.2, 0) is 6.42 Å².